The molecule has 6 heteroatoms. The molecular weight excluding hydrogens is 256 g/mol. The van der Waals surface area contributed by atoms with E-state index in [4.69, 9.17) is 4.74 Å². The van der Waals surface area contributed by atoms with Gasteiger partial charge in [0, 0.05) is 22.3 Å². The molecule has 4 aliphatic rings. The molecule has 0 aromatic carbocycles. The maximum absolute atomic E-state index is 11.3. The second-order valence-electron chi connectivity index (χ2n) is 5.40. The van der Waals surface area contributed by atoms with Crippen molar-refractivity contribution in [3.05, 3.63) is 12.2 Å². The smallest absolute Gasteiger partial charge is 0.310 e. The van der Waals surface area contributed by atoms with Gasteiger partial charge in [0.25, 0.3) is 0 Å². The van der Waals surface area contributed by atoms with Crippen LogP contribution in [0.5, 0.6) is 0 Å². The van der Waals surface area contributed by atoms with Crippen LogP contribution in [0.4, 0.5) is 0 Å². The van der Waals surface area contributed by atoms with Crippen molar-refractivity contribution in [2.75, 3.05) is 0 Å². The van der Waals surface area contributed by atoms with Gasteiger partial charge in [-0.25, -0.2) is 0 Å². The van der Waals surface area contributed by atoms with Crippen LogP contribution in [0.25, 0.3) is 0 Å². The lowest BCUT2D eigenvalue weighted by Gasteiger charge is -2.34. The number of rotatable bonds is 2. The number of hydrogen-bond acceptors (Lipinski definition) is 4. The highest BCUT2D eigenvalue weighted by molar-refractivity contribution is 8.01. The standard InChI is InChI=1S/C12H12O5S/c13-11(14)7-8(12(15)16)10-6-4-2-1-3(18-4)5(6)9(7)17-10/h1-10H,(H,13,14)(H,15,16). The van der Waals surface area contributed by atoms with Gasteiger partial charge in [-0.15, -0.1) is 11.8 Å². The maximum Gasteiger partial charge on any atom is 0.310 e. The number of carboxylic acids is 2. The third-order valence-corrected chi connectivity index (χ3v) is 6.32. The van der Waals surface area contributed by atoms with Crippen LogP contribution in [0.3, 0.4) is 0 Å². The van der Waals surface area contributed by atoms with Crippen LogP contribution in [0.2, 0.25) is 0 Å². The Morgan fingerprint density at radius 3 is 1.78 bits per heavy atom. The van der Waals surface area contributed by atoms with Gasteiger partial charge >= 0.3 is 11.9 Å². The average Bonchev–Trinajstić information content (AvgIpc) is 3.04. The molecule has 4 heterocycles. The summed E-state index contributed by atoms with van der Waals surface area (Å²) >= 11 is 1.82. The number of hydrogen-bond donors (Lipinski definition) is 2. The monoisotopic (exact) mass is 268 g/mol. The van der Waals surface area contributed by atoms with Gasteiger partial charge in [-0.1, -0.05) is 12.2 Å². The zero-order chi connectivity index (χ0) is 12.6. The molecule has 0 aromatic heterocycles. The van der Waals surface area contributed by atoms with Crippen molar-refractivity contribution in [2.45, 2.75) is 22.7 Å². The van der Waals surface area contributed by atoms with Gasteiger partial charge in [0.05, 0.1) is 24.0 Å². The summed E-state index contributed by atoms with van der Waals surface area (Å²) in [7, 11) is 0. The third kappa shape index (κ3) is 1.09. The van der Waals surface area contributed by atoms with Crippen molar-refractivity contribution < 1.29 is 24.5 Å². The summed E-state index contributed by atoms with van der Waals surface area (Å²) < 4.78 is 5.75. The van der Waals surface area contributed by atoms with Gasteiger partial charge in [0.2, 0.25) is 0 Å². The fourth-order valence-electron chi connectivity index (χ4n) is 4.19. The summed E-state index contributed by atoms with van der Waals surface area (Å²) in [4.78, 5) is 22.7. The first-order chi connectivity index (χ1) is 8.59. The molecule has 3 saturated heterocycles. The highest BCUT2D eigenvalue weighted by atomic mass is 32.2. The number of carbonyl (C=O) groups is 2. The number of carboxylic acid groups (broad SMARTS) is 2. The SMILES string of the molecule is O=C(O)C1C2OC(C1C(=O)O)C1C3C=CC(S3)C21. The van der Waals surface area contributed by atoms with E-state index in [1.54, 1.807) is 0 Å². The summed E-state index contributed by atoms with van der Waals surface area (Å²) in [6, 6.07) is 0. The van der Waals surface area contributed by atoms with Crippen LogP contribution in [0, 0.1) is 23.7 Å². The molecule has 0 aliphatic carbocycles. The van der Waals surface area contributed by atoms with E-state index in [1.807, 2.05) is 11.8 Å². The lowest BCUT2D eigenvalue weighted by atomic mass is 9.65. The first-order valence-corrected chi connectivity index (χ1v) is 6.99. The number of ether oxygens (including phenoxy) is 1. The Labute approximate surface area is 107 Å². The van der Waals surface area contributed by atoms with Gasteiger partial charge in [-0.05, 0) is 0 Å². The second-order valence-corrected chi connectivity index (χ2v) is 6.76. The topological polar surface area (TPSA) is 83.8 Å². The molecule has 96 valence electrons. The molecule has 8 unspecified atom stereocenters. The van der Waals surface area contributed by atoms with E-state index >= 15 is 0 Å². The largest absolute Gasteiger partial charge is 0.481 e. The minimum Gasteiger partial charge on any atom is -0.481 e. The normalized spacial score (nSPS) is 54.9. The van der Waals surface area contributed by atoms with Crippen LogP contribution in [-0.2, 0) is 14.3 Å². The molecule has 0 radical (unpaired) electrons. The van der Waals surface area contributed by atoms with Gasteiger partial charge in [0.1, 0.15) is 0 Å². The van der Waals surface area contributed by atoms with Crippen LogP contribution in [0.1, 0.15) is 0 Å². The van der Waals surface area contributed by atoms with E-state index in [0.29, 0.717) is 10.5 Å². The molecule has 3 fully saturated rings. The molecule has 5 nitrogen and oxygen atoms in total. The lowest BCUT2D eigenvalue weighted by Crippen LogP contribution is -2.49. The molecule has 4 aliphatic heterocycles. The molecule has 2 N–H and O–H groups in total. The van der Waals surface area contributed by atoms with Crippen molar-refractivity contribution in [2.24, 2.45) is 23.7 Å². The molecule has 18 heavy (non-hydrogen) atoms. The van der Waals surface area contributed by atoms with E-state index in [1.165, 1.54) is 0 Å². The second kappa shape index (κ2) is 3.30. The van der Waals surface area contributed by atoms with Gasteiger partial charge in [0.15, 0.2) is 0 Å². The van der Waals surface area contributed by atoms with Crippen LogP contribution >= 0.6 is 11.8 Å². The summed E-state index contributed by atoms with van der Waals surface area (Å²) in [5.41, 5.74) is 0. The average molecular weight is 268 g/mol. The molecule has 0 aromatic rings. The number of aliphatic carboxylic acids is 2. The first kappa shape index (κ1) is 10.9. The molecule has 8 atom stereocenters. The van der Waals surface area contributed by atoms with Crippen molar-refractivity contribution >= 4 is 23.7 Å². The van der Waals surface area contributed by atoms with Crippen LogP contribution < -0.4 is 0 Å². The summed E-state index contributed by atoms with van der Waals surface area (Å²) in [5.74, 6) is -3.47. The number of thioether (sulfide) groups is 1. The molecule has 0 saturated carbocycles. The predicted octanol–water partition coefficient (Wildman–Crippen LogP) is 0.455. The van der Waals surface area contributed by atoms with Crippen LogP contribution in [-0.4, -0.2) is 44.9 Å². The molecule has 0 spiro atoms. The fourth-order valence-corrected chi connectivity index (χ4v) is 5.95. The van der Waals surface area contributed by atoms with E-state index in [-0.39, 0.29) is 11.8 Å². The van der Waals surface area contributed by atoms with E-state index in [9.17, 15) is 19.8 Å². The molecule has 0 amide bonds. The Kier molecular flexibility index (Phi) is 1.99. The maximum atomic E-state index is 11.3. The Morgan fingerprint density at radius 2 is 1.39 bits per heavy atom. The quantitative estimate of drug-likeness (QED) is 0.708. The highest BCUT2D eigenvalue weighted by Gasteiger charge is 2.69. The zero-order valence-electron chi connectivity index (χ0n) is 9.30. The number of fused-ring (bicyclic) bond motifs is 9. The zero-order valence-corrected chi connectivity index (χ0v) is 10.1. The van der Waals surface area contributed by atoms with Crippen molar-refractivity contribution in [3.8, 4) is 0 Å². The Balaban J connectivity index is 1.76. The third-order valence-electron chi connectivity index (χ3n) is 4.75. The summed E-state index contributed by atoms with van der Waals surface area (Å²) in [5, 5.41) is 19.2. The highest BCUT2D eigenvalue weighted by Crippen LogP contribution is 2.63. The predicted molar refractivity (Wildman–Crippen MR) is 62.2 cm³/mol. The molecular formula is C12H12O5S. The minimum absolute atomic E-state index is 0.187. The Hall–Kier alpha value is -1.01. The lowest BCUT2D eigenvalue weighted by molar-refractivity contribution is -0.155. The van der Waals surface area contributed by atoms with Gasteiger partial charge in [-0.3, -0.25) is 9.59 Å². The molecule has 4 bridgehead atoms. The first-order valence-electron chi connectivity index (χ1n) is 6.04. The van der Waals surface area contributed by atoms with E-state index in [0.717, 1.165) is 0 Å². The Morgan fingerprint density at radius 1 is 0.944 bits per heavy atom. The summed E-state index contributed by atoms with van der Waals surface area (Å²) in [6.07, 6.45) is 3.39. The van der Waals surface area contributed by atoms with Gasteiger partial charge < -0.3 is 14.9 Å². The van der Waals surface area contributed by atoms with Crippen molar-refractivity contribution in [1.29, 1.82) is 0 Å². The van der Waals surface area contributed by atoms with E-state index in [2.05, 4.69) is 12.2 Å². The summed E-state index contributed by atoms with van der Waals surface area (Å²) in [6.45, 7) is 0. The molecule has 4 rings (SSSR count). The van der Waals surface area contributed by atoms with Crippen molar-refractivity contribution in [1.82, 2.24) is 0 Å². The fraction of sp³-hybridized carbons (Fsp3) is 0.667. The van der Waals surface area contributed by atoms with Gasteiger partial charge in [-0.2, -0.15) is 0 Å². The Bertz CT molecular complexity index is 435. The van der Waals surface area contributed by atoms with E-state index < -0.39 is 36.0 Å². The van der Waals surface area contributed by atoms with Crippen LogP contribution in [0.15, 0.2) is 12.2 Å². The minimum atomic E-state index is -1.04. The van der Waals surface area contributed by atoms with Crippen molar-refractivity contribution in [3.63, 3.8) is 0 Å².